The molecule has 200 valence electrons. The molecule has 0 aliphatic heterocycles. The Balaban J connectivity index is 1.86. The second-order valence-corrected chi connectivity index (χ2v) is 9.76. The largest absolute Gasteiger partial charge is 0.476 e. The van der Waals surface area contributed by atoms with Crippen molar-refractivity contribution in [3.63, 3.8) is 0 Å². The van der Waals surface area contributed by atoms with Crippen LogP contribution in [0.25, 0.3) is 0 Å². The summed E-state index contributed by atoms with van der Waals surface area (Å²) in [6, 6.07) is 16.4. The Bertz CT molecular complexity index is 1180. The van der Waals surface area contributed by atoms with Crippen LogP contribution in [0.1, 0.15) is 55.8 Å². The average molecular weight is 545 g/mol. The van der Waals surface area contributed by atoms with E-state index in [0.29, 0.717) is 16.7 Å². The van der Waals surface area contributed by atoms with Gasteiger partial charge in [-0.3, -0.25) is 43.9 Å². The van der Waals surface area contributed by atoms with Crippen LogP contribution in [0.15, 0.2) is 72.8 Å². The van der Waals surface area contributed by atoms with Gasteiger partial charge in [0.25, 0.3) is 17.1 Å². The second-order valence-electron chi connectivity index (χ2n) is 8.24. The van der Waals surface area contributed by atoms with Crippen molar-refractivity contribution in [2.45, 2.75) is 39.1 Å². The van der Waals surface area contributed by atoms with Gasteiger partial charge in [-0.25, -0.2) is 4.57 Å². The quantitative estimate of drug-likeness (QED) is 0.129. The van der Waals surface area contributed by atoms with Crippen LogP contribution < -0.4 is 0 Å². The molecule has 0 saturated carbocycles. The van der Waals surface area contributed by atoms with Gasteiger partial charge < -0.3 is 0 Å². The third-order valence-electron chi connectivity index (χ3n) is 5.58. The van der Waals surface area contributed by atoms with Crippen molar-refractivity contribution in [2.24, 2.45) is 0 Å². The predicted molar refractivity (Wildman–Crippen MR) is 135 cm³/mol. The number of nitrogens with zero attached hydrogens (tertiary/aromatic N) is 3. The van der Waals surface area contributed by atoms with Crippen molar-refractivity contribution >= 4 is 24.9 Å². The second kappa shape index (κ2) is 12.0. The molecule has 3 rings (SSSR count). The zero-order valence-electron chi connectivity index (χ0n) is 20.5. The maximum absolute atomic E-state index is 13.9. The summed E-state index contributed by atoms with van der Waals surface area (Å²) in [6.07, 6.45) is -2.64. The number of nitro benzene ring substituents is 3. The highest BCUT2D eigenvalue weighted by Crippen LogP contribution is 2.58. The summed E-state index contributed by atoms with van der Waals surface area (Å²) in [4.78, 5) is 31.2. The predicted octanol–water partition coefficient (Wildman–Crippen LogP) is 7.15. The Morgan fingerprint density at radius 3 is 0.921 bits per heavy atom. The molecule has 0 aliphatic carbocycles. The zero-order chi connectivity index (χ0) is 28.0. The highest BCUT2D eigenvalue weighted by Gasteiger charge is 2.35. The lowest BCUT2D eigenvalue weighted by Crippen LogP contribution is -2.09. The molecular weight excluding hydrogens is 521 g/mol. The van der Waals surface area contributed by atoms with E-state index in [1.165, 1.54) is 72.8 Å². The molecule has 0 heterocycles. The minimum absolute atomic E-state index is 0.129. The summed E-state index contributed by atoms with van der Waals surface area (Å²) >= 11 is 0. The molecule has 0 bridgehead atoms. The molecule has 3 unspecified atom stereocenters. The minimum atomic E-state index is -4.38. The number of phosphoric ester groups is 1. The minimum Gasteiger partial charge on any atom is -0.279 e. The number of hydrogen-bond acceptors (Lipinski definition) is 10. The van der Waals surface area contributed by atoms with Gasteiger partial charge >= 0.3 is 7.82 Å². The monoisotopic (exact) mass is 545 g/mol. The van der Waals surface area contributed by atoms with Crippen LogP contribution in [-0.2, 0) is 18.1 Å². The van der Waals surface area contributed by atoms with E-state index in [2.05, 4.69) is 0 Å². The third-order valence-corrected chi connectivity index (χ3v) is 7.30. The Labute approximate surface area is 217 Å². The number of non-ortho nitro benzene ring substituents is 3. The van der Waals surface area contributed by atoms with Gasteiger partial charge in [0.05, 0.1) is 33.1 Å². The Morgan fingerprint density at radius 1 is 0.526 bits per heavy atom. The summed E-state index contributed by atoms with van der Waals surface area (Å²) in [6.45, 7) is 4.69. The average Bonchev–Trinajstić information content (AvgIpc) is 2.88. The lowest BCUT2D eigenvalue weighted by atomic mass is 10.1. The molecule has 0 fully saturated rings. The van der Waals surface area contributed by atoms with Crippen molar-refractivity contribution in [3.05, 3.63) is 120 Å². The topological polar surface area (TPSA) is 174 Å². The maximum Gasteiger partial charge on any atom is 0.476 e. The van der Waals surface area contributed by atoms with Crippen LogP contribution in [-0.4, -0.2) is 14.8 Å². The number of phosphoric acid groups is 1. The normalized spacial score (nSPS) is 15.1. The SMILES string of the molecule is CC(OP(=O)(OC(C)c1ccc([N+](=O)[O-])cc1)OC(C)c1ccc([N+](=O)[O-])cc1)c1ccc([N+](=O)[O-])cc1. The molecule has 3 aromatic rings. The van der Waals surface area contributed by atoms with Crippen molar-refractivity contribution in [3.8, 4) is 0 Å². The lowest BCUT2D eigenvalue weighted by molar-refractivity contribution is -0.385. The van der Waals surface area contributed by atoms with E-state index in [9.17, 15) is 34.9 Å². The van der Waals surface area contributed by atoms with E-state index in [1.54, 1.807) is 20.8 Å². The molecule has 13 nitrogen and oxygen atoms in total. The first-order valence-electron chi connectivity index (χ1n) is 11.3. The molecule has 38 heavy (non-hydrogen) atoms. The highest BCUT2D eigenvalue weighted by atomic mass is 31.2. The van der Waals surface area contributed by atoms with Crippen LogP contribution in [0.3, 0.4) is 0 Å². The van der Waals surface area contributed by atoms with Gasteiger partial charge in [0.1, 0.15) is 0 Å². The standard InChI is InChI=1S/C24H24N3O10P/c1-16(19-4-10-22(11-5-19)25(28)29)35-38(34,36-17(2)20-6-12-23(13-7-20)26(30)31)37-18(3)21-8-14-24(15-9-21)27(32)33/h4-18H,1-3H3. The molecule has 0 amide bonds. The molecular formula is C24H24N3O10P. The van der Waals surface area contributed by atoms with Crippen molar-refractivity contribution < 1.29 is 32.9 Å². The van der Waals surface area contributed by atoms with Crippen molar-refractivity contribution in [2.75, 3.05) is 0 Å². The first kappa shape index (κ1) is 28.5. The van der Waals surface area contributed by atoms with Crippen LogP contribution in [0.2, 0.25) is 0 Å². The highest BCUT2D eigenvalue weighted by molar-refractivity contribution is 7.48. The van der Waals surface area contributed by atoms with Crippen LogP contribution in [0.4, 0.5) is 17.1 Å². The van der Waals surface area contributed by atoms with Crippen molar-refractivity contribution in [1.82, 2.24) is 0 Å². The summed E-state index contributed by atoms with van der Waals surface area (Å²) in [5, 5.41) is 32.9. The Kier molecular flexibility index (Phi) is 9.02. The van der Waals surface area contributed by atoms with E-state index in [0.717, 1.165) is 0 Å². The van der Waals surface area contributed by atoms with E-state index < -0.39 is 40.9 Å². The fourth-order valence-corrected chi connectivity index (χ4v) is 5.12. The van der Waals surface area contributed by atoms with Gasteiger partial charge in [-0.05, 0) is 73.9 Å². The fourth-order valence-electron chi connectivity index (χ4n) is 3.44. The zero-order valence-corrected chi connectivity index (χ0v) is 21.4. The molecule has 0 aromatic heterocycles. The first-order chi connectivity index (χ1) is 17.9. The van der Waals surface area contributed by atoms with E-state index in [1.807, 2.05) is 0 Å². The number of hydrogen-bond donors (Lipinski definition) is 0. The summed E-state index contributed by atoms with van der Waals surface area (Å²) in [7, 11) is -4.38. The van der Waals surface area contributed by atoms with Gasteiger partial charge in [-0.1, -0.05) is 0 Å². The van der Waals surface area contributed by atoms with Gasteiger partial charge in [0.2, 0.25) is 0 Å². The van der Waals surface area contributed by atoms with Crippen LogP contribution in [0, 0.1) is 30.3 Å². The van der Waals surface area contributed by atoms with Crippen LogP contribution >= 0.6 is 7.82 Å². The number of benzene rings is 3. The van der Waals surface area contributed by atoms with E-state index in [-0.39, 0.29) is 17.1 Å². The van der Waals surface area contributed by atoms with Crippen LogP contribution in [0.5, 0.6) is 0 Å². The van der Waals surface area contributed by atoms with Gasteiger partial charge in [-0.15, -0.1) is 0 Å². The summed E-state index contributed by atoms with van der Waals surface area (Å²) in [5.74, 6) is 0. The Morgan fingerprint density at radius 2 is 0.737 bits per heavy atom. The smallest absolute Gasteiger partial charge is 0.279 e. The molecule has 3 aromatic carbocycles. The fraction of sp³-hybridized carbons (Fsp3) is 0.250. The van der Waals surface area contributed by atoms with E-state index >= 15 is 0 Å². The molecule has 0 aliphatic rings. The maximum atomic E-state index is 13.9. The molecule has 0 N–H and O–H groups in total. The van der Waals surface area contributed by atoms with Gasteiger partial charge in [-0.2, -0.15) is 0 Å². The van der Waals surface area contributed by atoms with Crippen molar-refractivity contribution in [1.29, 1.82) is 0 Å². The molecule has 0 saturated heterocycles. The number of nitro groups is 3. The Hall–Kier alpha value is -4.03. The van der Waals surface area contributed by atoms with Gasteiger partial charge in [0, 0.05) is 36.4 Å². The molecule has 3 atom stereocenters. The third kappa shape index (κ3) is 7.26. The first-order valence-corrected chi connectivity index (χ1v) is 12.7. The van der Waals surface area contributed by atoms with E-state index in [4.69, 9.17) is 13.6 Å². The molecule has 0 radical (unpaired) electrons. The number of rotatable bonds is 12. The summed E-state index contributed by atoms with van der Waals surface area (Å²) < 4.78 is 31.2. The molecule has 0 spiro atoms. The lowest BCUT2D eigenvalue weighted by Gasteiger charge is -2.27. The summed E-state index contributed by atoms with van der Waals surface area (Å²) in [5.41, 5.74) is 1.01. The van der Waals surface area contributed by atoms with Gasteiger partial charge in [0.15, 0.2) is 0 Å². The molecule has 14 heteroatoms.